The minimum Gasteiger partial charge on any atom is -0.376 e. The maximum Gasteiger partial charge on any atom is 0.239 e. The van der Waals surface area contributed by atoms with Crippen molar-refractivity contribution < 1.29 is 14.7 Å². The SMILES string of the molecule is O=C1c2ccccc2NC1C1C(=O)N(CO)c2ccccc21. The Labute approximate surface area is 127 Å². The monoisotopic (exact) mass is 294 g/mol. The highest BCUT2D eigenvalue weighted by Gasteiger charge is 2.47. The van der Waals surface area contributed by atoms with E-state index < -0.39 is 12.0 Å². The number of para-hydroxylation sites is 2. The van der Waals surface area contributed by atoms with Crippen LogP contribution in [0.1, 0.15) is 21.8 Å². The largest absolute Gasteiger partial charge is 0.376 e. The Balaban J connectivity index is 1.79. The van der Waals surface area contributed by atoms with Gasteiger partial charge in [-0.2, -0.15) is 0 Å². The van der Waals surface area contributed by atoms with Crippen molar-refractivity contribution in [3.05, 3.63) is 59.7 Å². The maximum atomic E-state index is 12.7. The smallest absolute Gasteiger partial charge is 0.239 e. The molecule has 22 heavy (non-hydrogen) atoms. The van der Waals surface area contributed by atoms with Crippen LogP contribution in [0.3, 0.4) is 0 Å². The van der Waals surface area contributed by atoms with E-state index in [1.165, 1.54) is 4.90 Å². The average molecular weight is 294 g/mol. The summed E-state index contributed by atoms with van der Waals surface area (Å²) in [4.78, 5) is 26.6. The van der Waals surface area contributed by atoms with Crippen LogP contribution in [0.4, 0.5) is 11.4 Å². The highest BCUT2D eigenvalue weighted by Crippen LogP contribution is 2.42. The van der Waals surface area contributed by atoms with E-state index in [0.717, 1.165) is 11.3 Å². The summed E-state index contributed by atoms with van der Waals surface area (Å²) >= 11 is 0. The number of nitrogens with one attached hydrogen (secondary N) is 1. The van der Waals surface area contributed by atoms with Crippen molar-refractivity contribution >= 4 is 23.1 Å². The summed E-state index contributed by atoms with van der Waals surface area (Å²) in [7, 11) is 0. The Morgan fingerprint density at radius 3 is 2.55 bits per heavy atom. The number of benzene rings is 2. The molecule has 2 aromatic rings. The molecule has 0 fully saturated rings. The number of ketones is 1. The van der Waals surface area contributed by atoms with E-state index in [1.807, 2.05) is 36.4 Å². The molecule has 2 heterocycles. The minimum absolute atomic E-state index is 0.0801. The Morgan fingerprint density at radius 2 is 1.77 bits per heavy atom. The van der Waals surface area contributed by atoms with Crippen LogP contribution in [0.25, 0.3) is 0 Å². The van der Waals surface area contributed by atoms with Crippen molar-refractivity contribution in [2.75, 3.05) is 16.9 Å². The van der Waals surface area contributed by atoms with Gasteiger partial charge in [-0.25, -0.2) is 0 Å². The van der Waals surface area contributed by atoms with Crippen molar-refractivity contribution in [2.45, 2.75) is 12.0 Å². The van der Waals surface area contributed by atoms with E-state index in [0.29, 0.717) is 11.3 Å². The third-order valence-corrected chi connectivity index (χ3v) is 4.36. The lowest BCUT2D eigenvalue weighted by molar-refractivity contribution is -0.120. The molecule has 2 aliphatic rings. The molecule has 0 radical (unpaired) electrons. The van der Waals surface area contributed by atoms with Crippen molar-refractivity contribution in [1.29, 1.82) is 0 Å². The maximum absolute atomic E-state index is 12.7. The first-order chi connectivity index (χ1) is 10.7. The molecule has 0 aromatic heterocycles. The van der Waals surface area contributed by atoms with Crippen LogP contribution in [0.5, 0.6) is 0 Å². The molecule has 0 saturated carbocycles. The average Bonchev–Trinajstić information content (AvgIpc) is 3.01. The third kappa shape index (κ3) is 1.63. The van der Waals surface area contributed by atoms with Crippen LogP contribution >= 0.6 is 0 Å². The fourth-order valence-electron chi connectivity index (χ4n) is 3.34. The summed E-state index contributed by atoms with van der Waals surface area (Å²) in [5.41, 5.74) is 2.82. The highest BCUT2D eigenvalue weighted by atomic mass is 16.3. The number of carbonyl (C=O) groups is 2. The van der Waals surface area contributed by atoms with Crippen LogP contribution in [0.2, 0.25) is 0 Å². The van der Waals surface area contributed by atoms with Gasteiger partial charge in [0, 0.05) is 11.3 Å². The minimum atomic E-state index is -0.623. The lowest BCUT2D eigenvalue weighted by Gasteiger charge is -2.18. The second kappa shape index (κ2) is 4.68. The van der Waals surface area contributed by atoms with Gasteiger partial charge in [0.2, 0.25) is 5.91 Å². The van der Waals surface area contributed by atoms with Crippen LogP contribution in [0.15, 0.2) is 48.5 Å². The fraction of sp³-hybridized carbons (Fsp3) is 0.176. The van der Waals surface area contributed by atoms with Crippen LogP contribution in [-0.2, 0) is 4.79 Å². The zero-order valence-electron chi connectivity index (χ0n) is 11.7. The van der Waals surface area contributed by atoms with Gasteiger partial charge in [0.05, 0.1) is 11.6 Å². The Hall–Kier alpha value is -2.66. The van der Waals surface area contributed by atoms with Gasteiger partial charge in [-0.05, 0) is 23.8 Å². The van der Waals surface area contributed by atoms with Crippen LogP contribution in [0, 0.1) is 0 Å². The van der Waals surface area contributed by atoms with Crippen molar-refractivity contribution in [3.8, 4) is 0 Å². The summed E-state index contributed by atoms with van der Waals surface area (Å²) in [6.07, 6.45) is 0. The summed E-state index contributed by atoms with van der Waals surface area (Å²) in [6, 6.07) is 13.9. The normalized spacial score (nSPS) is 22.5. The molecule has 2 aromatic carbocycles. The summed E-state index contributed by atoms with van der Waals surface area (Å²) in [5, 5.41) is 12.6. The first-order valence-corrected chi connectivity index (χ1v) is 7.13. The molecule has 0 saturated heterocycles. The predicted molar refractivity (Wildman–Crippen MR) is 81.9 cm³/mol. The molecule has 2 N–H and O–H groups in total. The van der Waals surface area contributed by atoms with Crippen LogP contribution in [-0.4, -0.2) is 29.6 Å². The van der Waals surface area contributed by atoms with Gasteiger partial charge in [-0.15, -0.1) is 0 Å². The topological polar surface area (TPSA) is 69.6 Å². The van der Waals surface area contributed by atoms with Crippen molar-refractivity contribution in [1.82, 2.24) is 0 Å². The van der Waals surface area contributed by atoms with Gasteiger partial charge in [0.15, 0.2) is 5.78 Å². The summed E-state index contributed by atoms with van der Waals surface area (Å²) < 4.78 is 0. The Bertz CT molecular complexity index is 787. The second-order valence-electron chi connectivity index (χ2n) is 5.48. The van der Waals surface area contributed by atoms with Gasteiger partial charge < -0.3 is 10.4 Å². The summed E-state index contributed by atoms with van der Waals surface area (Å²) in [5.74, 6) is -0.936. The number of carbonyl (C=O) groups excluding carboxylic acids is 2. The third-order valence-electron chi connectivity index (χ3n) is 4.36. The number of aliphatic hydroxyl groups is 1. The number of nitrogens with zero attached hydrogens (tertiary/aromatic N) is 1. The van der Waals surface area contributed by atoms with Crippen molar-refractivity contribution in [3.63, 3.8) is 0 Å². The van der Waals surface area contributed by atoms with Gasteiger partial charge in [-0.3, -0.25) is 14.5 Å². The molecular formula is C17H14N2O3. The van der Waals surface area contributed by atoms with E-state index in [1.54, 1.807) is 12.1 Å². The van der Waals surface area contributed by atoms with E-state index in [2.05, 4.69) is 5.32 Å². The molecule has 2 unspecified atom stereocenters. The molecule has 1 amide bonds. The van der Waals surface area contributed by atoms with Crippen LogP contribution < -0.4 is 10.2 Å². The van der Waals surface area contributed by atoms with Gasteiger partial charge >= 0.3 is 0 Å². The number of hydrogen-bond acceptors (Lipinski definition) is 4. The summed E-state index contributed by atoms with van der Waals surface area (Å²) in [6.45, 7) is -0.389. The molecule has 5 nitrogen and oxygen atoms in total. The zero-order chi connectivity index (χ0) is 15.3. The lowest BCUT2D eigenvalue weighted by Crippen LogP contribution is -2.38. The standard InChI is InChI=1S/C17H14N2O3/c20-9-19-13-8-4-2-6-11(13)14(17(19)22)15-16(21)10-5-1-3-7-12(10)18-15/h1-8,14-15,18,20H,9H2. The Morgan fingerprint density at radius 1 is 1.05 bits per heavy atom. The quantitative estimate of drug-likeness (QED) is 0.885. The molecule has 5 heteroatoms. The number of hydrogen-bond donors (Lipinski definition) is 2. The molecular weight excluding hydrogens is 280 g/mol. The molecule has 110 valence electrons. The van der Waals surface area contributed by atoms with Gasteiger partial charge in [-0.1, -0.05) is 30.3 Å². The number of aliphatic hydroxyl groups excluding tert-OH is 1. The number of fused-ring (bicyclic) bond motifs is 2. The predicted octanol–water partition coefficient (Wildman–Crippen LogP) is 1.74. The van der Waals surface area contributed by atoms with Gasteiger partial charge in [0.1, 0.15) is 12.8 Å². The molecule has 4 rings (SSSR count). The fourth-order valence-corrected chi connectivity index (χ4v) is 3.34. The van der Waals surface area contributed by atoms with E-state index >= 15 is 0 Å². The van der Waals surface area contributed by atoms with Crippen molar-refractivity contribution in [2.24, 2.45) is 0 Å². The zero-order valence-corrected chi connectivity index (χ0v) is 11.7. The van der Waals surface area contributed by atoms with Gasteiger partial charge in [0.25, 0.3) is 0 Å². The first-order valence-electron chi connectivity index (χ1n) is 7.13. The second-order valence-corrected chi connectivity index (χ2v) is 5.48. The molecule has 2 aliphatic heterocycles. The Kier molecular flexibility index (Phi) is 2.77. The molecule has 0 spiro atoms. The number of anilines is 2. The van der Waals surface area contributed by atoms with E-state index in [9.17, 15) is 14.7 Å². The lowest BCUT2D eigenvalue weighted by atomic mass is 9.90. The van der Waals surface area contributed by atoms with E-state index in [-0.39, 0.29) is 18.4 Å². The molecule has 2 atom stereocenters. The molecule has 0 bridgehead atoms. The van der Waals surface area contributed by atoms with E-state index in [4.69, 9.17) is 0 Å². The number of rotatable bonds is 2. The first kappa shape index (κ1) is 13.0. The number of Topliss-reactive ketones (excluding diaryl/α,β-unsaturated/α-hetero) is 1. The molecule has 0 aliphatic carbocycles. The highest BCUT2D eigenvalue weighted by molar-refractivity contribution is 6.16. The number of amides is 1.